The number of para-hydroxylation sites is 1. The maximum absolute atomic E-state index is 13.8. The lowest BCUT2D eigenvalue weighted by atomic mass is 10.1. The molecule has 10 nitrogen and oxygen atoms in total. The standard InChI is InChI=1S/C25H28N8O2/c1-4-5-13-32-21-22(29-24(32)31-12-8-9-17(26)14-31)30(3)25(35)33(23(21)34)15-20-27-16(2)18-10-6-7-11-19(18)28-20/h6-7,10-11,17H,8-9,12-15,26H2,1-3H3/t17-/m1/s1/i2D3. The summed E-state index contributed by atoms with van der Waals surface area (Å²) in [6.07, 6.45) is 1.79. The van der Waals surface area contributed by atoms with Gasteiger partial charge in [0.1, 0.15) is 5.82 Å². The van der Waals surface area contributed by atoms with Gasteiger partial charge in [0.05, 0.1) is 18.6 Å². The number of rotatable bonds is 4. The predicted molar refractivity (Wildman–Crippen MR) is 135 cm³/mol. The largest absolute Gasteiger partial charge is 0.341 e. The van der Waals surface area contributed by atoms with Gasteiger partial charge in [-0.1, -0.05) is 24.1 Å². The van der Waals surface area contributed by atoms with Crippen molar-refractivity contribution in [2.75, 3.05) is 18.0 Å². The van der Waals surface area contributed by atoms with E-state index in [-0.39, 0.29) is 41.8 Å². The summed E-state index contributed by atoms with van der Waals surface area (Å²) < 4.78 is 27.8. The highest BCUT2D eigenvalue weighted by molar-refractivity contribution is 5.80. The molecule has 1 atom stereocenters. The van der Waals surface area contributed by atoms with Crippen LogP contribution in [0.2, 0.25) is 0 Å². The van der Waals surface area contributed by atoms with Crippen LogP contribution in [-0.2, 0) is 20.1 Å². The monoisotopic (exact) mass is 475 g/mol. The van der Waals surface area contributed by atoms with E-state index < -0.39 is 18.1 Å². The summed E-state index contributed by atoms with van der Waals surface area (Å²) in [5.41, 5.74) is 5.77. The van der Waals surface area contributed by atoms with Crippen molar-refractivity contribution < 1.29 is 4.11 Å². The van der Waals surface area contributed by atoms with Crippen LogP contribution in [0.5, 0.6) is 0 Å². The summed E-state index contributed by atoms with van der Waals surface area (Å²) in [6, 6.07) is 6.74. The zero-order chi connectivity index (χ0) is 27.2. The van der Waals surface area contributed by atoms with Crippen molar-refractivity contribution in [3.05, 3.63) is 56.6 Å². The molecule has 0 amide bonds. The van der Waals surface area contributed by atoms with E-state index in [0.29, 0.717) is 23.4 Å². The molecule has 0 saturated carbocycles. The Kier molecular flexibility index (Phi) is 4.97. The number of nitrogens with two attached hydrogens (primary N) is 1. The van der Waals surface area contributed by atoms with Crippen LogP contribution in [0.4, 0.5) is 5.95 Å². The molecule has 3 aromatic heterocycles. The second-order valence-electron chi connectivity index (χ2n) is 8.68. The topological polar surface area (TPSA) is 117 Å². The quantitative estimate of drug-likeness (QED) is 0.440. The van der Waals surface area contributed by atoms with E-state index in [1.807, 2.05) is 4.90 Å². The molecule has 0 aliphatic carbocycles. The van der Waals surface area contributed by atoms with Gasteiger partial charge >= 0.3 is 5.69 Å². The number of hydrogen-bond acceptors (Lipinski definition) is 7. The van der Waals surface area contributed by atoms with Crippen molar-refractivity contribution in [1.29, 1.82) is 0 Å². The number of nitrogens with zero attached hydrogens (tertiary/aromatic N) is 7. The normalized spacial score (nSPS) is 17.6. The first-order chi connectivity index (χ1) is 18.1. The maximum atomic E-state index is 13.8. The van der Waals surface area contributed by atoms with Crippen molar-refractivity contribution in [2.24, 2.45) is 12.8 Å². The second-order valence-corrected chi connectivity index (χ2v) is 8.68. The molecule has 0 radical (unpaired) electrons. The molecule has 180 valence electrons. The zero-order valence-corrected chi connectivity index (χ0v) is 19.7. The van der Waals surface area contributed by atoms with Crippen molar-refractivity contribution in [3.8, 4) is 11.8 Å². The fraction of sp³-hybridized carbons (Fsp3) is 0.400. The molecule has 35 heavy (non-hydrogen) atoms. The average Bonchev–Trinajstić information content (AvgIpc) is 3.27. The number of aryl methyl sites for hydroxylation is 2. The third-order valence-electron chi connectivity index (χ3n) is 6.32. The SMILES string of the molecule is [2H]C([2H])([2H])c1nc(Cn2c(=O)c3c(nc(N4CCC[C@@H](N)C4)n3CC#CC)n(C)c2=O)nc2ccccc12. The van der Waals surface area contributed by atoms with Gasteiger partial charge in [0.15, 0.2) is 11.2 Å². The lowest BCUT2D eigenvalue weighted by molar-refractivity contribution is 0.496. The van der Waals surface area contributed by atoms with E-state index in [1.54, 1.807) is 42.8 Å². The minimum absolute atomic E-state index is 0.0211. The Morgan fingerprint density at radius 2 is 2.03 bits per heavy atom. The molecule has 1 aliphatic rings. The van der Waals surface area contributed by atoms with Crippen LogP contribution in [0.3, 0.4) is 0 Å². The van der Waals surface area contributed by atoms with Gasteiger partial charge in [-0.05, 0) is 32.7 Å². The van der Waals surface area contributed by atoms with Crippen LogP contribution in [0.25, 0.3) is 22.1 Å². The third-order valence-corrected chi connectivity index (χ3v) is 6.32. The van der Waals surface area contributed by atoms with Gasteiger partial charge in [0, 0.05) is 41.4 Å². The fourth-order valence-electron chi connectivity index (χ4n) is 4.58. The molecule has 1 saturated heterocycles. The minimum Gasteiger partial charge on any atom is -0.341 e. The Bertz CT molecular complexity index is 1720. The third kappa shape index (κ3) is 3.98. The Morgan fingerprint density at radius 1 is 1.20 bits per heavy atom. The molecule has 4 aromatic rings. The van der Waals surface area contributed by atoms with E-state index in [2.05, 4.69) is 26.8 Å². The summed E-state index contributed by atoms with van der Waals surface area (Å²) in [7, 11) is 1.55. The van der Waals surface area contributed by atoms with E-state index in [9.17, 15) is 9.59 Å². The number of piperidine rings is 1. The van der Waals surface area contributed by atoms with Crippen molar-refractivity contribution >= 4 is 28.0 Å². The van der Waals surface area contributed by atoms with Gasteiger partial charge in [-0.2, -0.15) is 4.98 Å². The number of fused-ring (bicyclic) bond motifs is 2. The van der Waals surface area contributed by atoms with Crippen LogP contribution in [0, 0.1) is 18.7 Å². The predicted octanol–water partition coefficient (Wildman–Crippen LogP) is 1.15. The second kappa shape index (κ2) is 9.00. The number of anilines is 1. The van der Waals surface area contributed by atoms with E-state index in [4.69, 9.17) is 9.85 Å². The van der Waals surface area contributed by atoms with Gasteiger partial charge in [-0.25, -0.2) is 14.8 Å². The van der Waals surface area contributed by atoms with E-state index in [0.717, 1.165) is 24.0 Å². The van der Waals surface area contributed by atoms with Crippen LogP contribution < -0.4 is 21.9 Å². The first kappa shape index (κ1) is 19.3. The molecule has 4 heterocycles. The summed E-state index contributed by atoms with van der Waals surface area (Å²) in [5, 5.41) is 0.396. The first-order valence-electron chi connectivity index (χ1n) is 13.0. The summed E-state index contributed by atoms with van der Waals surface area (Å²) in [4.78, 5) is 42.6. The Balaban J connectivity index is 1.70. The Hall–Kier alpha value is -3.97. The van der Waals surface area contributed by atoms with Crippen LogP contribution in [0.15, 0.2) is 33.9 Å². The van der Waals surface area contributed by atoms with Gasteiger partial charge in [0.25, 0.3) is 5.56 Å². The minimum atomic E-state index is -2.50. The molecular weight excluding hydrogens is 444 g/mol. The molecular formula is C25H28N8O2. The van der Waals surface area contributed by atoms with Crippen LogP contribution in [0.1, 0.15) is 35.4 Å². The van der Waals surface area contributed by atoms with Crippen LogP contribution in [-0.4, -0.2) is 47.8 Å². The molecule has 2 N–H and O–H groups in total. The first-order valence-corrected chi connectivity index (χ1v) is 11.5. The van der Waals surface area contributed by atoms with Crippen LogP contribution >= 0.6 is 0 Å². The number of aromatic nitrogens is 6. The molecule has 10 heteroatoms. The maximum Gasteiger partial charge on any atom is 0.332 e. The Morgan fingerprint density at radius 3 is 2.80 bits per heavy atom. The van der Waals surface area contributed by atoms with E-state index >= 15 is 0 Å². The van der Waals surface area contributed by atoms with Gasteiger partial charge < -0.3 is 10.6 Å². The molecule has 5 rings (SSSR count). The van der Waals surface area contributed by atoms with Crippen molar-refractivity contribution in [1.82, 2.24) is 28.7 Å². The Labute approximate surface area is 206 Å². The summed E-state index contributed by atoms with van der Waals surface area (Å²) in [5.74, 6) is 6.44. The molecule has 1 fully saturated rings. The number of imidazole rings is 1. The molecule has 0 unspecified atom stereocenters. The average molecular weight is 476 g/mol. The van der Waals surface area contributed by atoms with Crippen molar-refractivity contribution in [2.45, 2.75) is 45.7 Å². The van der Waals surface area contributed by atoms with Crippen molar-refractivity contribution in [3.63, 3.8) is 0 Å². The number of benzene rings is 1. The molecule has 1 aromatic carbocycles. The smallest absolute Gasteiger partial charge is 0.332 e. The summed E-state index contributed by atoms with van der Waals surface area (Å²) in [6.45, 7) is 0.415. The molecule has 1 aliphatic heterocycles. The van der Waals surface area contributed by atoms with E-state index in [1.165, 1.54) is 4.57 Å². The molecule has 0 spiro atoms. The summed E-state index contributed by atoms with van der Waals surface area (Å²) >= 11 is 0. The van der Waals surface area contributed by atoms with Gasteiger partial charge in [-0.15, -0.1) is 5.92 Å². The lowest BCUT2D eigenvalue weighted by Crippen LogP contribution is -2.44. The van der Waals surface area contributed by atoms with Gasteiger partial charge in [-0.3, -0.25) is 18.5 Å². The highest BCUT2D eigenvalue weighted by atomic mass is 16.2. The highest BCUT2D eigenvalue weighted by Crippen LogP contribution is 2.23. The van der Waals surface area contributed by atoms with Gasteiger partial charge in [0.2, 0.25) is 5.95 Å². The number of hydrogen-bond donors (Lipinski definition) is 1. The highest BCUT2D eigenvalue weighted by Gasteiger charge is 2.26. The zero-order valence-electron chi connectivity index (χ0n) is 22.7. The molecule has 0 bridgehead atoms. The lowest BCUT2D eigenvalue weighted by Gasteiger charge is -2.31. The fourth-order valence-corrected chi connectivity index (χ4v) is 4.58.